The Morgan fingerprint density at radius 1 is 1.50 bits per heavy atom. The molecular formula is C13H19BrN2OS. The fourth-order valence-corrected chi connectivity index (χ4v) is 3.63. The largest absolute Gasteiger partial charge is 0.342 e. The molecule has 1 fully saturated rings. The number of likely N-dealkylation sites (tertiary alicyclic amines) is 1. The first-order chi connectivity index (χ1) is 8.66. The zero-order valence-electron chi connectivity index (χ0n) is 10.6. The number of nitrogens with zero attached hydrogens (tertiary/aromatic N) is 1. The molecule has 1 unspecified atom stereocenters. The second-order valence-corrected chi connectivity index (χ2v) is 6.57. The first-order valence-corrected chi connectivity index (χ1v) is 8.09. The van der Waals surface area contributed by atoms with E-state index in [4.69, 9.17) is 0 Å². The molecule has 0 aromatic carbocycles. The van der Waals surface area contributed by atoms with Crippen LogP contribution in [0.3, 0.4) is 0 Å². The van der Waals surface area contributed by atoms with Crippen LogP contribution in [0.4, 0.5) is 0 Å². The molecular weight excluding hydrogens is 312 g/mol. The number of nitrogens with one attached hydrogen (secondary N) is 1. The first-order valence-electron chi connectivity index (χ1n) is 6.42. The van der Waals surface area contributed by atoms with Crippen molar-refractivity contribution in [2.45, 2.75) is 32.2 Å². The second-order valence-electron chi connectivity index (χ2n) is 4.71. The Labute approximate surface area is 121 Å². The van der Waals surface area contributed by atoms with Crippen LogP contribution in [0.25, 0.3) is 0 Å². The molecule has 3 nitrogen and oxygen atoms in total. The van der Waals surface area contributed by atoms with E-state index < -0.39 is 0 Å². The van der Waals surface area contributed by atoms with Crippen LogP contribution >= 0.6 is 27.3 Å². The molecule has 1 atom stereocenters. The zero-order chi connectivity index (χ0) is 13.0. The third kappa shape index (κ3) is 3.80. The van der Waals surface area contributed by atoms with Gasteiger partial charge in [-0.25, -0.2) is 0 Å². The lowest BCUT2D eigenvalue weighted by molar-refractivity contribution is -0.131. The van der Waals surface area contributed by atoms with Crippen LogP contribution in [0.15, 0.2) is 15.9 Å². The van der Waals surface area contributed by atoms with Gasteiger partial charge in [0.05, 0.1) is 6.54 Å². The fraction of sp³-hybridized carbons (Fsp3) is 0.615. The van der Waals surface area contributed by atoms with Gasteiger partial charge >= 0.3 is 0 Å². The van der Waals surface area contributed by atoms with Crippen LogP contribution in [0.1, 0.15) is 37.1 Å². The molecule has 1 amide bonds. The van der Waals surface area contributed by atoms with E-state index in [1.54, 1.807) is 11.3 Å². The molecule has 1 aliphatic rings. The molecule has 0 saturated carbocycles. The molecule has 1 N–H and O–H groups in total. The van der Waals surface area contributed by atoms with Crippen LogP contribution < -0.4 is 5.32 Å². The van der Waals surface area contributed by atoms with Gasteiger partial charge in [-0.3, -0.25) is 4.79 Å². The van der Waals surface area contributed by atoms with Gasteiger partial charge < -0.3 is 10.2 Å². The molecule has 100 valence electrons. The van der Waals surface area contributed by atoms with Crippen molar-refractivity contribution >= 4 is 33.2 Å². The van der Waals surface area contributed by atoms with Crippen molar-refractivity contribution in [2.75, 3.05) is 19.6 Å². The summed E-state index contributed by atoms with van der Waals surface area (Å²) in [4.78, 5) is 15.2. The highest BCUT2D eigenvalue weighted by atomic mass is 79.9. The number of carbonyl (C=O) groups excluding carboxylic acids is 1. The molecule has 1 aliphatic heterocycles. The van der Waals surface area contributed by atoms with E-state index in [2.05, 4.69) is 39.6 Å². The number of piperidine rings is 1. The molecule has 0 radical (unpaired) electrons. The van der Waals surface area contributed by atoms with E-state index in [0.717, 1.165) is 30.4 Å². The third-order valence-electron chi connectivity index (χ3n) is 3.28. The van der Waals surface area contributed by atoms with Crippen molar-refractivity contribution in [1.29, 1.82) is 0 Å². The molecule has 1 aromatic heterocycles. The van der Waals surface area contributed by atoms with E-state index in [1.807, 2.05) is 4.90 Å². The molecule has 2 heterocycles. The predicted molar refractivity (Wildman–Crippen MR) is 78.9 cm³/mol. The van der Waals surface area contributed by atoms with Crippen LogP contribution in [-0.2, 0) is 4.79 Å². The van der Waals surface area contributed by atoms with Crippen LogP contribution in [0.2, 0.25) is 0 Å². The quantitative estimate of drug-likeness (QED) is 0.919. The van der Waals surface area contributed by atoms with Gasteiger partial charge in [-0.2, -0.15) is 0 Å². The number of hydrogen-bond donors (Lipinski definition) is 1. The third-order valence-corrected chi connectivity index (χ3v) is 5.16. The zero-order valence-corrected chi connectivity index (χ0v) is 13.0. The number of amides is 1. The van der Waals surface area contributed by atoms with Gasteiger partial charge in [-0.05, 0) is 48.2 Å². The average Bonchev–Trinajstić information content (AvgIpc) is 2.83. The van der Waals surface area contributed by atoms with Gasteiger partial charge in [0.25, 0.3) is 0 Å². The number of halogens is 1. The lowest BCUT2D eigenvalue weighted by atomic mass is 10.1. The summed E-state index contributed by atoms with van der Waals surface area (Å²) < 4.78 is 1.11. The van der Waals surface area contributed by atoms with Gasteiger partial charge in [-0.1, -0.05) is 0 Å². The Balaban J connectivity index is 1.78. The topological polar surface area (TPSA) is 32.3 Å². The van der Waals surface area contributed by atoms with E-state index in [9.17, 15) is 4.79 Å². The summed E-state index contributed by atoms with van der Waals surface area (Å²) in [6.07, 6.45) is 3.56. The van der Waals surface area contributed by atoms with Gasteiger partial charge in [0.1, 0.15) is 0 Å². The summed E-state index contributed by atoms with van der Waals surface area (Å²) in [6.45, 7) is 4.40. The summed E-state index contributed by atoms with van der Waals surface area (Å²) in [5, 5.41) is 5.38. The molecule has 0 aliphatic carbocycles. The minimum absolute atomic E-state index is 0.232. The molecule has 1 aromatic rings. The van der Waals surface area contributed by atoms with Gasteiger partial charge in [0.2, 0.25) is 5.91 Å². The maximum Gasteiger partial charge on any atom is 0.236 e. The fourth-order valence-electron chi connectivity index (χ4n) is 2.15. The van der Waals surface area contributed by atoms with Gasteiger partial charge in [0, 0.05) is 33.9 Å². The molecule has 0 bridgehead atoms. The highest BCUT2D eigenvalue weighted by molar-refractivity contribution is 9.10. The smallest absolute Gasteiger partial charge is 0.236 e. The van der Waals surface area contributed by atoms with Gasteiger partial charge in [-0.15, -0.1) is 11.3 Å². The highest BCUT2D eigenvalue weighted by Gasteiger charge is 2.17. The molecule has 18 heavy (non-hydrogen) atoms. The lowest BCUT2D eigenvalue weighted by Crippen LogP contribution is -2.41. The van der Waals surface area contributed by atoms with Crippen LogP contribution in [0.5, 0.6) is 0 Å². The van der Waals surface area contributed by atoms with Crippen molar-refractivity contribution < 1.29 is 4.79 Å². The first kappa shape index (κ1) is 14.0. The number of rotatable bonds is 4. The van der Waals surface area contributed by atoms with Crippen molar-refractivity contribution in [2.24, 2.45) is 0 Å². The normalized spacial score (nSPS) is 17.8. The summed E-state index contributed by atoms with van der Waals surface area (Å²) in [5.74, 6) is 0.233. The molecule has 1 saturated heterocycles. The maximum absolute atomic E-state index is 12.0. The highest BCUT2D eigenvalue weighted by Crippen LogP contribution is 2.25. The van der Waals surface area contributed by atoms with Crippen LogP contribution in [-0.4, -0.2) is 30.4 Å². The summed E-state index contributed by atoms with van der Waals surface area (Å²) >= 11 is 5.16. The SMILES string of the molecule is CC(NCC(=O)N1CCCCC1)c1cc(Br)cs1. The van der Waals surface area contributed by atoms with E-state index in [0.29, 0.717) is 6.54 Å². The summed E-state index contributed by atoms with van der Waals surface area (Å²) in [7, 11) is 0. The molecule has 5 heteroatoms. The molecule has 2 rings (SSSR count). The minimum atomic E-state index is 0.232. The maximum atomic E-state index is 12.0. The van der Waals surface area contributed by atoms with Crippen molar-refractivity contribution in [1.82, 2.24) is 10.2 Å². The second kappa shape index (κ2) is 6.68. The average molecular weight is 331 g/mol. The minimum Gasteiger partial charge on any atom is -0.342 e. The number of hydrogen-bond acceptors (Lipinski definition) is 3. The van der Waals surface area contributed by atoms with E-state index in [1.165, 1.54) is 11.3 Å². The van der Waals surface area contributed by atoms with E-state index >= 15 is 0 Å². The van der Waals surface area contributed by atoms with Gasteiger partial charge in [0.15, 0.2) is 0 Å². The number of thiophene rings is 1. The van der Waals surface area contributed by atoms with E-state index in [-0.39, 0.29) is 11.9 Å². The monoisotopic (exact) mass is 330 g/mol. The Morgan fingerprint density at radius 3 is 2.83 bits per heavy atom. The Morgan fingerprint density at radius 2 is 2.22 bits per heavy atom. The standard InChI is InChI=1S/C13H19BrN2OS/c1-10(12-7-11(14)9-18-12)15-8-13(17)16-5-3-2-4-6-16/h7,9-10,15H,2-6,8H2,1H3. The van der Waals surface area contributed by atoms with Crippen molar-refractivity contribution in [3.8, 4) is 0 Å². The Bertz CT molecular complexity index is 401. The van der Waals surface area contributed by atoms with Crippen molar-refractivity contribution in [3.63, 3.8) is 0 Å². The summed E-state index contributed by atoms with van der Waals surface area (Å²) in [6, 6.07) is 2.34. The van der Waals surface area contributed by atoms with Crippen LogP contribution in [0, 0.1) is 0 Å². The summed E-state index contributed by atoms with van der Waals surface area (Å²) in [5.41, 5.74) is 0. The predicted octanol–water partition coefficient (Wildman–Crippen LogP) is 3.17. The Hall–Kier alpha value is -0.390. The van der Waals surface area contributed by atoms with Crippen molar-refractivity contribution in [3.05, 3.63) is 20.8 Å². The lowest BCUT2D eigenvalue weighted by Gasteiger charge is -2.27. The Kier molecular flexibility index (Phi) is 5.21. The molecule has 0 spiro atoms. The number of carbonyl (C=O) groups is 1.